The minimum atomic E-state index is -1.05. The molecule has 0 saturated carbocycles. The molecule has 0 aromatic heterocycles. The van der Waals surface area contributed by atoms with Gasteiger partial charge in [-0.3, -0.25) is 0 Å². The van der Waals surface area contributed by atoms with Crippen molar-refractivity contribution < 1.29 is 14.6 Å². The van der Waals surface area contributed by atoms with E-state index in [1.165, 1.54) is 12.1 Å². The van der Waals surface area contributed by atoms with Crippen LogP contribution in [0.5, 0.6) is 5.75 Å². The van der Waals surface area contributed by atoms with E-state index in [-0.39, 0.29) is 0 Å². The van der Waals surface area contributed by atoms with Gasteiger partial charge in [0.15, 0.2) is 6.61 Å². The Bertz CT molecular complexity index is 357. The molecule has 0 radical (unpaired) electrons. The number of carboxylic acids is 1. The Morgan fingerprint density at radius 3 is 2.47 bits per heavy atom. The van der Waals surface area contributed by atoms with Crippen LogP contribution in [0.1, 0.15) is 13.3 Å². The first-order valence-corrected chi connectivity index (χ1v) is 5.76. The van der Waals surface area contributed by atoms with Crippen molar-refractivity contribution in [1.29, 1.82) is 0 Å². The average Bonchev–Trinajstić information content (AvgIpc) is 2.28. The Kier molecular flexibility index (Phi) is 8.58. The molecular weight excluding hydrogens is 265 g/mol. The molecule has 1 aromatic carbocycles. The zero-order valence-electron chi connectivity index (χ0n) is 9.45. The molecule has 1 rings (SSSR count). The van der Waals surface area contributed by atoms with Crippen molar-refractivity contribution in [3.8, 4) is 5.75 Å². The smallest absolute Gasteiger partial charge is 0.341 e. The molecule has 0 aliphatic heterocycles. The molecule has 0 saturated heterocycles. The Labute approximate surface area is 110 Å². The van der Waals surface area contributed by atoms with Crippen LogP contribution in [0.3, 0.4) is 0 Å². The van der Waals surface area contributed by atoms with Crippen molar-refractivity contribution in [2.45, 2.75) is 13.3 Å². The quantitative estimate of drug-likeness (QED) is 0.889. The first-order chi connectivity index (χ1) is 8.01. The van der Waals surface area contributed by atoms with Crippen LogP contribution in [0.25, 0.3) is 0 Å². The fourth-order valence-electron chi connectivity index (χ4n) is 0.732. The summed E-state index contributed by atoms with van der Waals surface area (Å²) in [5, 5.41) is 9.11. The van der Waals surface area contributed by atoms with E-state index in [1.54, 1.807) is 6.07 Å². The molecular formula is C11H15Cl2NO3. The zero-order valence-corrected chi connectivity index (χ0v) is 11.0. The summed E-state index contributed by atoms with van der Waals surface area (Å²) in [7, 11) is 0. The summed E-state index contributed by atoms with van der Waals surface area (Å²) in [4.78, 5) is 10.2. The molecule has 0 fully saturated rings. The summed E-state index contributed by atoms with van der Waals surface area (Å²) in [5.41, 5.74) is 5.03. The van der Waals surface area contributed by atoms with Gasteiger partial charge in [-0.2, -0.15) is 0 Å². The molecule has 3 N–H and O–H groups in total. The lowest BCUT2D eigenvalue weighted by atomic mass is 10.3. The van der Waals surface area contributed by atoms with Crippen LogP contribution in [-0.4, -0.2) is 24.2 Å². The normalized spacial score (nSPS) is 9.18. The van der Waals surface area contributed by atoms with Crippen molar-refractivity contribution in [3.05, 3.63) is 28.2 Å². The van der Waals surface area contributed by atoms with Crippen LogP contribution < -0.4 is 10.5 Å². The minimum absolute atomic E-state index is 0.300. The van der Waals surface area contributed by atoms with Gasteiger partial charge in [0.05, 0.1) is 5.02 Å². The second kappa shape index (κ2) is 9.10. The van der Waals surface area contributed by atoms with Gasteiger partial charge in [-0.15, -0.1) is 0 Å². The molecule has 96 valence electrons. The number of hydrogen-bond acceptors (Lipinski definition) is 3. The number of aliphatic carboxylic acids is 1. The maximum Gasteiger partial charge on any atom is 0.341 e. The molecule has 1 aromatic rings. The monoisotopic (exact) mass is 279 g/mol. The standard InChI is InChI=1S/C8H6Cl2O3.C3H9N/c9-5-1-2-7(6(10)3-5)13-4-8(11)12;1-2-3-4/h1-3H,4H2,(H,11,12);2-4H2,1H3. The highest BCUT2D eigenvalue weighted by atomic mass is 35.5. The Morgan fingerprint density at radius 2 is 2.06 bits per heavy atom. The fraction of sp³-hybridized carbons (Fsp3) is 0.364. The van der Waals surface area contributed by atoms with Crippen LogP contribution in [0.15, 0.2) is 18.2 Å². The van der Waals surface area contributed by atoms with E-state index >= 15 is 0 Å². The molecule has 0 aliphatic carbocycles. The maximum atomic E-state index is 10.2. The van der Waals surface area contributed by atoms with Crippen molar-refractivity contribution in [2.24, 2.45) is 5.73 Å². The first kappa shape index (κ1) is 16.0. The van der Waals surface area contributed by atoms with Gasteiger partial charge in [-0.25, -0.2) is 4.79 Å². The first-order valence-electron chi connectivity index (χ1n) is 5.01. The second-order valence-electron chi connectivity index (χ2n) is 3.05. The predicted molar refractivity (Wildman–Crippen MR) is 68.9 cm³/mol. The van der Waals surface area contributed by atoms with E-state index in [9.17, 15) is 4.79 Å². The lowest BCUT2D eigenvalue weighted by Gasteiger charge is -2.04. The van der Waals surface area contributed by atoms with E-state index in [0.29, 0.717) is 15.8 Å². The van der Waals surface area contributed by atoms with Gasteiger partial charge >= 0.3 is 5.97 Å². The van der Waals surface area contributed by atoms with Crippen molar-refractivity contribution in [1.82, 2.24) is 0 Å². The van der Waals surface area contributed by atoms with Crippen LogP contribution in [0.2, 0.25) is 10.0 Å². The lowest BCUT2D eigenvalue weighted by Crippen LogP contribution is -2.09. The third-order valence-corrected chi connectivity index (χ3v) is 2.06. The highest BCUT2D eigenvalue weighted by Gasteiger charge is 2.04. The topological polar surface area (TPSA) is 72.6 Å². The largest absolute Gasteiger partial charge is 0.480 e. The molecule has 6 heteroatoms. The molecule has 0 heterocycles. The van der Waals surface area contributed by atoms with E-state index < -0.39 is 12.6 Å². The number of halogens is 2. The van der Waals surface area contributed by atoms with Gasteiger partial charge in [0.25, 0.3) is 0 Å². The van der Waals surface area contributed by atoms with Gasteiger partial charge in [0, 0.05) is 5.02 Å². The second-order valence-corrected chi connectivity index (χ2v) is 3.89. The van der Waals surface area contributed by atoms with Gasteiger partial charge in [0.1, 0.15) is 5.75 Å². The molecule has 0 spiro atoms. The third-order valence-electron chi connectivity index (χ3n) is 1.53. The molecule has 0 atom stereocenters. The Balaban J connectivity index is 0.000000557. The van der Waals surface area contributed by atoms with Crippen LogP contribution >= 0.6 is 23.2 Å². The summed E-state index contributed by atoms with van der Waals surface area (Å²) in [5.74, 6) is -0.737. The van der Waals surface area contributed by atoms with Gasteiger partial charge in [-0.1, -0.05) is 30.1 Å². The molecule has 0 bridgehead atoms. The molecule has 17 heavy (non-hydrogen) atoms. The fourth-order valence-corrected chi connectivity index (χ4v) is 1.19. The number of benzene rings is 1. The predicted octanol–water partition coefficient (Wildman–Crippen LogP) is 2.81. The van der Waals surface area contributed by atoms with Crippen LogP contribution in [0, 0.1) is 0 Å². The highest BCUT2D eigenvalue weighted by molar-refractivity contribution is 6.35. The van der Waals surface area contributed by atoms with E-state index in [4.69, 9.17) is 38.8 Å². The Morgan fingerprint density at radius 1 is 1.47 bits per heavy atom. The molecule has 0 amide bonds. The van der Waals surface area contributed by atoms with Crippen molar-refractivity contribution in [3.63, 3.8) is 0 Å². The van der Waals surface area contributed by atoms with Crippen LogP contribution in [0.4, 0.5) is 0 Å². The highest BCUT2D eigenvalue weighted by Crippen LogP contribution is 2.27. The van der Waals surface area contributed by atoms with E-state index in [0.717, 1.165) is 13.0 Å². The molecule has 4 nitrogen and oxygen atoms in total. The van der Waals surface area contributed by atoms with Crippen LogP contribution in [-0.2, 0) is 4.79 Å². The van der Waals surface area contributed by atoms with E-state index in [1.807, 2.05) is 0 Å². The maximum absolute atomic E-state index is 10.2. The molecule has 0 unspecified atom stereocenters. The van der Waals surface area contributed by atoms with Gasteiger partial charge < -0.3 is 15.6 Å². The van der Waals surface area contributed by atoms with Gasteiger partial charge in [0.2, 0.25) is 0 Å². The van der Waals surface area contributed by atoms with E-state index in [2.05, 4.69) is 6.92 Å². The number of carbonyl (C=O) groups is 1. The SMILES string of the molecule is CCCN.O=C(O)COc1ccc(Cl)cc1Cl. The summed E-state index contributed by atoms with van der Waals surface area (Å²) in [6, 6.07) is 4.58. The minimum Gasteiger partial charge on any atom is -0.480 e. The number of carboxylic acid groups (broad SMARTS) is 1. The van der Waals surface area contributed by atoms with Crippen molar-refractivity contribution >= 4 is 29.2 Å². The molecule has 0 aliphatic rings. The Hall–Kier alpha value is -0.970. The summed E-state index contributed by atoms with van der Waals surface area (Å²) >= 11 is 11.3. The van der Waals surface area contributed by atoms with Crippen molar-refractivity contribution in [2.75, 3.05) is 13.2 Å². The third kappa shape index (κ3) is 7.85. The summed E-state index contributed by atoms with van der Waals surface area (Å²) in [6.07, 6.45) is 1.10. The lowest BCUT2D eigenvalue weighted by molar-refractivity contribution is -0.139. The van der Waals surface area contributed by atoms with Gasteiger partial charge in [-0.05, 0) is 31.2 Å². The number of ether oxygens (including phenoxy) is 1. The zero-order chi connectivity index (χ0) is 13.3. The average molecular weight is 280 g/mol. The number of hydrogen-bond donors (Lipinski definition) is 2. The number of rotatable bonds is 4. The summed E-state index contributed by atoms with van der Waals surface area (Å²) in [6.45, 7) is 2.46. The summed E-state index contributed by atoms with van der Waals surface area (Å²) < 4.78 is 4.86. The number of nitrogens with two attached hydrogens (primary N) is 1.